The molecule has 7 nitrogen and oxygen atoms in total. The Hall–Kier alpha value is -1.89. The standard InChI is InChI=1S/C9H13N3O4/c1-12-5-10-4-6(12)8(14)11-3-2-7(13)9(15)16/h4-5,7,13H,2-3H2,1H3,(H,11,14)(H,15,16). The van der Waals surface area contributed by atoms with Crippen LogP contribution >= 0.6 is 0 Å². The number of hydrogen-bond acceptors (Lipinski definition) is 4. The summed E-state index contributed by atoms with van der Waals surface area (Å²) in [4.78, 5) is 25.5. The van der Waals surface area contributed by atoms with Gasteiger partial charge in [0.2, 0.25) is 0 Å². The quantitative estimate of drug-likeness (QED) is 0.597. The van der Waals surface area contributed by atoms with Gasteiger partial charge in [-0.05, 0) is 0 Å². The zero-order valence-electron chi connectivity index (χ0n) is 8.75. The fourth-order valence-corrected chi connectivity index (χ4v) is 1.11. The summed E-state index contributed by atoms with van der Waals surface area (Å²) in [5, 5.41) is 19.8. The van der Waals surface area contributed by atoms with Crippen molar-refractivity contribution in [2.24, 2.45) is 7.05 Å². The molecular formula is C9H13N3O4. The fourth-order valence-electron chi connectivity index (χ4n) is 1.11. The molecule has 1 amide bonds. The number of aliphatic hydroxyl groups excluding tert-OH is 1. The monoisotopic (exact) mass is 227 g/mol. The first kappa shape index (κ1) is 12.2. The number of aromatic nitrogens is 2. The molecule has 0 aromatic carbocycles. The minimum absolute atomic E-state index is 0.0288. The number of hydrogen-bond donors (Lipinski definition) is 3. The number of nitrogens with zero attached hydrogens (tertiary/aromatic N) is 2. The van der Waals surface area contributed by atoms with Gasteiger partial charge in [-0.25, -0.2) is 9.78 Å². The number of nitrogens with one attached hydrogen (secondary N) is 1. The number of amides is 1. The molecule has 1 aromatic rings. The minimum atomic E-state index is -1.45. The average molecular weight is 227 g/mol. The Labute approximate surface area is 91.7 Å². The molecule has 7 heteroatoms. The van der Waals surface area contributed by atoms with Crippen LogP contribution in [0.3, 0.4) is 0 Å². The van der Waals surface area contributed by atoms with Gasteiger partial charge in [-0.15, -0.1) is 0 Å². The van der Waals surface area contributed by atoms with E-state index < -0.39 is 12.1 Å². The van der Waals surface area contributed by atoms with Crippen molar-refractivity contribution in [3.63, 3.8) is 0 Å². The Bertz CT molecular complexity index is 388. The van der Waals surface area contributed by atoms with E-state index in [0.717, 1.165) is 0 Å². The van der Waals surface area contributed by atoms with Crippen molar-refractivity contribution in [3.8, 4) is 0 Å². The predicted octanol–water partition coefficient (Wildman–Crippen LogP) is -1.01. The predicted molar refractivity (Wildman–Crippen MR) is 53.8 cm³/mol. The third kappa shape index (κ3) is 3.06. The van der Waals surface area contributed by atoms with Crippen LogP contribution in [-0.2, 0) is 11.8 Å². The third-order valence-electron chi connectivity index (χ3n) is 2.04. The lowest BCUT2D eigenvalue weighted by atomic mass is 10.2. The van der Waals surface area contributed by atoms with Gasteiger partial charge < -0.3 is 20.1 Å². The number of carbonyl (C=O) groups excluding carboxylic acids is 1. The van der Waals surface area contributed by atoms with E-state index in [1.807, 2.05) is 0 Å². The first-order valence-corrected chi connectivity index (χ1v) is 4.67. The molecule has 0 aliphatic heterocycles. The van der Waals surface area contributed by atoms with Gasteiger partial charge in [-0.1, -0.05) is 0 Å². The normalized spacial score (nSPS) is 12.1. The highest BCUT2D eigenvalue weighted by Gasteiger charge is 2.14. The van der Waals surface area contributed by atoms with E-state index in [0.29, 0.717) is 5.69 Å². The molecule has 1 unspecified atom stereocenters. The molecule has 88 valence electrons. The fraction of sp³-hybridized carbons (Fsp3) is 0.444. The highest BCUT2D eigenvalue weighted by atomic mass is 16.4. The first-order valence-electron chi connectivity index (χ1n) is 4.67. The summed E-state index contributed by atoms with van der Waals surface area (Å²) in [7, 11) is 1.67. The minimum Gasteiger partial charge on any atom is -0.479 e. The topological polar surface area (TPSA) is 104 Å². The van der Waals surface area contributed by atoms with Crippen molar-refractivity contribution in [1.82, 2.24) is 14.9 Å². The van der Waals surface area contributed by atoms with Crippen molar-refractivity contribution in [1.29, 1.82) is 0 Å². The maximum absolute atomic E-state index is 11.5. The summed E-state index contributed by atoms with van der Waals surface area (Å²) in [6.45, 7) is 0.0947. The summed E-state index contributed by atoms with van der Waals surface area (Å²) >= 11 is 0. The SMILES string of the molecule is Cn1cncc1C(=O)NCCC(O)C(=O)O. The molecule has 1 aromatic heterocycles. The lowest BCUT2D eigenvalue weighted by Gasteiger charge is -2.07. The van der Waals surface area contributed by atoms with Crippen molar-refractivity contribution >= 4 is 11.9 Å². The van der Waals surface area contributed by atoms with Crippen LogP contribution in [0.15, 0.2) is 12.5 Å². The Morgan fingerprint density at radius 3 is 2.81 bits per heavy atom. The smallest absolute Gasteiger partial charge is 0.332 e. The number of aliphatic carboxylic acids is 1. The second kappa shape index (κ2) is 5.26. The van der Waals surface area contributed by atoms with Gasteiger partial charge in [0.1, 0.15) is 5.69 Å². The summed E-state index contributed by atoms with van der Waals surface area (Å²) < 4.78 is 1.54. The zero-order valence-corrected chi connectivity index (χ0v) is 8.75. The van der Waals surface area contributed by atoms with E-state index in [4.69, 9.17) is 10.2 Å². The zero-order chi connectivity index (χ0) is 12.1. The van der Waals surface area contributed by atoms with Crippen LogP contribution in [0.4, 0.5) is 0 Å². The molecule has 0 spiro atoms. The van der Waals surface area contributed by atoms with E-state index >= 15 is 0 Å². The van der Waals surface area contributed by atoms with Gasteiger partial charge in [-0.3, -0.25) is 4.79 Å². The molecule has 0 aliphatic rings. The van der Waals surface area contributed by atoms with Gasteiger partial charge in [-0.2, -0.15) is 0 Å². The molecule has 1 atom stereocenters. The summed E-state index contributed by atoms with van der Waals surface area (Å²) in [5.41, 5.74) is 0.379. The maximum atomic E-state index is 11.5. The summed E-state index contributed by atoms with van der Waals surface area (Å²) in [6, 6.07) is 0. The molecule has 0 aliphatic carbocycles. The molecule has 1 heterocycles. The number of aliphatic hydroxyl groups is 1. The Morgan fingerprint density at radius 1 is 1.62 bits per heavy atom. The molecule has 0 saturated heterocycles. The van der Waals surface area contributed by atoms with Crippen LogP contribution < -0.4 is 5.32 Å². The molecule has 0 saturated carbocycles. The maximum Gasteiger partial charge on any atom is 0.332 e. The number of carboxylic acid groups (broad SMARTS) is 1. The highest BCUT2D eigenvalue weighted by Crippen LogP contribution is 1.96. The van der Waals surface area contributed by atoms with Gasteiger partial charge in [0.05, 0.1) is 12.5 Å². The average Bonchev–Trinajstić information content (AvgIpc) is 2.64. The Balaban J connectivity index is 2.37. The van der Waals surface area contributed by atoms with Crippen LogP contribution in [0, 0.1) is 0 Å². The largest absolute Gasteiger partial charge is 0.479 e. The highest BCUT2D eigenvalue weighted by molar-refractivity contribution is 5.92. The molecular weight excluding hydrogens is 214 g/mol. The number of carboxylic acids is 1. The van der Waals surface area contributed by atoms with Crippen molar-refractivity contribution < 1.29 is 19.8 Å². The molecule has 1 rings (SSSR count). The van der Waals surface area contributed by atoms with Crippen LogP contribution in [0.2, 0.25) is 0 Å². The lowest BCUT2D eigenvalue weighted by Crippen LogP contribution is -2.30. The van der Waals surface area contributed by atoms with Crippen molar-refractivity contribution in [3.05, 3.63) is 18.2 Å². The van der Waals surface area contributed by atoms with Crippen molar-refractivity contribution in [2.45, 2.75) is 12.5 Å². The second-order valence-electron chi connectivity index (χ2n) is 3.29. The van der Waals surface area contributed by atoms with E-state index in [1.165, 1.54) is 12.5 Å². The molecule has 3 N–H and O–H groups in total. The van der Waals surface area contributed by atoms with E-state index in [2.05, 4.69) is 10.3 Å². The number of imidazole rings is 1. The first-order chi connectivity index (χ1) is 7.52. The van der Waals surface area contributed by atoms with Crippen LogP contribution in [0.25, 0.3) is 0 Å². The Morgan fingerprint density at radius 2 is 2.31 bits per heavy atom. The number of aryl methyl sites for hydroxylation is 1. The molecule has 0 fully saturated rings. The number of rotatable bonds is 5. The summed E-state index contributed by atoms with van der Waals surface area (Å²) in [5.74, 6) is -1.65. The van der Waals surface area contributed by atoms with E-state index in [-0.39, 0.29) is 18.9 Å². The number of carbonyl (C=O) groups is 2. The van der Waals surface area contributed by atoms with Gasteiger partial charge in [0, 0.05) is 20.0 Å². The second-order valence-corrected chi connectivity index (χ2v) is 3.29. The Kier molecular flexibility index (Phi) is 4.01. The van der Waals surface area contributed by atoms with Crippen LogP contribution in [0.1, 0.15) is 16.9 Å². The van der Waals surface area contributed by atoms with Crippen LogP contribution in [0.5, 0.6) is 0 Å². The third-order valence-corrected chi connectivity index (χ3v) is 2.04. The van der Waals surface area contributed by atoms with Gasteiger partial charge >= 0.3 is 5.97 Å². The van der Waals surface area contributed by atoms with E-state index in [1.54, 1.807) is 11.6 Å². The van der Waals surface area contributed by atoms with Gasteiger partial charge in [0.25, 0.3) is 5.91 Å². The van der Waals surface area contributed by atoms with Crippen LogP contribution in [-0.4, -0.2) is 44.3 Å². The lowest BCUT2D eigenvalue weighted by molar-refractivity contribution is -0.146. The van der Waals surface area contributed by atoms with E-state index in [9.17, 15) is 9.59 Å². The molecule has 0 radical (unpaired) electrons. The van der Waals surface area contributed by atoms with Crippen molar-refractivity contribution in [2.75, 3.05) is 6.54 Å². The molecule has 16 heavy (non-hydrogen) atoms. The van der Waals surface area contributed by atoms with Gasteiger partial charge in [0.15, 0.2) is 6.10 Å². The summed E-state index contributed by atoms with van der Waals surface area (Å²) in [6.07, 6.45) is 1.41. The molecule has 0 bridgehead atoms.